The molecule has 2 heterocycles. The molecule has 1 saturated heterocycles. The highest BCUT2D eigenvalue weighted by molar-refractivity contribution is 6.31. The first-order valence-corrected chi connectivity index (χ1v) is 9.46. The number of carbonyl (C=O) groups excluding carboxylic acids is 1. The van der Waals surface area contributed by atoms with Crippen LogP contribution in [0.2, 0.25) is 5.02 Å². The molecule has 7 heteroatoms. The maximum atomic E-state index is 13.1. The summed E-state index contributed by atoms with van der Waals surface area (Å²) in [6, 6.07) is 15.0. The van der Waals surface area contributed by atoms with Gasteiger partial charge in [-0.25, -0.2) is 0 Å². The number of hydrogen-bond acceptors (Lipinski definition) is 5. The standard InChI is InChI=1S/C21H20ClN3O3/c1-14-19(20(24-28-14)15-5-3-2-4-6-15)21(26)23-17-13-16(22)7-8-18(17)25-9-11-27-12-10-25/h2-8,13H,9-12H2,1H3,(H,23,26). The fourth-order valence-electron chi connectivity index (χ4n) is 3.31. The number of morpholine rings is 1. The average molecular weight is 398 g/mol. The Bertz CT molecular complexity index is 982. The second-order valence-electron chi connectivity index (χ2n) is 6.54. The molecule has 0 saturated carbocycles. The summed E-state index contributed by atoms with van der Waals surface area (Å²) in [5.74, 6) is 0.181. The molecule has 1 N–H and O–H groups in total. The predicted molar refractivity (Wildman–Crippen MR) is 109 cm³/mol. The van der Waals surface area contributed by atoms with Gasteiger partial charge in [-0.3, -0.25) is 4.79 Å². The maximum Gasteiger partial charge on any atom is 0.261 e. The van der Waals surface area contributed by atoms with E-state index >= 15 is 0 Å². The third-order valence-electron chi connectivity index (χ3n) is 4.70. The topological polar surface area (TPSA) is 67.6 Å². The molecule has 1 amide bonds. The van der Waals surface area contributed by atoms with Crippen molar-refractivity contribution >= 4 is 28.9 Å². The highest BCUT2D eigenvalue weighted by Crippen LogP contribution is 2.32. The Balaban J connectivity index is 1.67. The summed E-state index contributed by atoms with van der Waals surface area (Å²) >= 11 is 6.20. The number of aryl methyl sites for hydroxylation is 1. The summed E-state index contributed by atoms with van der Waals surface area (Å²) in [5.41, 5.74) is 3.32. The van der Waals surface area contributed by atoms with Crippen molar-refractivity contribution in [2.45, 2.75) is 6.92 Å². The summed E-state index contributed by atoms with van der Waals surface area (Å²) in [5, 5.41) is 7.64. The van der Waals surface area contributed by atoms with Gasteiger partial charge in [0.15, 0.2) is 0 Å². The van der Waals surface area contributed by atoms with Crippen molar-refractivity contribution in [3.05, 3.63) is 64.9 Å². The van der Waals surface area contributed by atoms with Crippen molar-refractivity contribution in [2.75, 3.05) is 36.5 Å². The minimum absolute atomic E-state index is 0.283. The molecule has 0 radical (unpaired) electrons. The highest BCUT2D eigenvalue weighted by Gasteiger charge is 2.23. The molecule has 1 fully saturated rings. The second kappa shape index (κ2) is 8.04. The molecular weight excluding hydrogens is 378 g/mol. The summed E-state index contributed by atoms with van der Waals surface area (Å²) < 4.78 is 10.7. The van der Waals surface area contributed by atoms with Crippen molar-refractivity contribution in [3.63, 3.8) is 0 Å². The van der Waals surface area contributed by atoms with Crippen LogP contribution in [-0.2, 0) is 4.74 Å². The molecule has 0 unspecified atom stereocenters. The van der Waals surface area contributed by atoms with Gasteiger partial charge in [-0.2, -0.15) is 0 Å². The van der Waals surface area contributed by atoms with E-state index in [0.717, 1.165) is 24.3 Å². The molecule has 3 aromatic rings. The van der Waals surface area contributed by atoms with Crippen LogP contribution < -0.4 is 10.2 Å². The van der Waals surface area contributed by atoms with E-state index in [4.69, 9.17) is 20.9 Å². The van der Waals surface area contributed by atoms with Crippen molar-refractivity contribution < 1.29 is 14.1 Å². The normalized spacial score (nSPS) is 14.1. The summed E-state index contributed by atoms with van der Waals surface area (Å²) in [6.45, 7) is 4.55. The molecule has 6 nitrogen and oxygen atoms in total. The van der Waals surface area contributed by atoms with E-state index in [1.807, 2.05) is 42.5 Å². The zero-order valence-electron chi connectivity index (χ0n) is 15.4. The first-order chi connectivity index (χ1) is 13.6. The second-order valence-corrected chi connectivity index (χ2v) is 6.98. The quantitative estimate of drug-likeness (QED) is 0.707. The monoisotopic (exact) mass is 397 g/mol. The van der Waals surface area contributed by atoms with Crippen LogP contribution in [0.15, 0.2) is 53.1 Å². The molecule has 0 bridgehead atoms. The predicted octanol–water partition coefficient (Wildman–Crippen LogP) is 4.39. The maximum absolute atomic E-state index is 13.1. The number of halogens is 1. The lowest BCUT2D eigenvalue weighted by Crippen LogP contribution is -2.36. The number of hydrogen-bond donors (Lipinski definition) is 1. The fourth-order valence-corrected chi connectivity index (χ4v) is 3.48. The van der Waals surface area contributed by atoms with Crippen molar-refractivity contribution in [2.24, 2.45) is 0 Å². The van der Waals surface area contributed by atoms with E-state index in [-0.39, 0.29) is 5.91 Å². The lowest BCUT2D eigenvalue weighted by Gasteiger charge is -2.30. The van der Waals surface area contributed by atoms with Crippen LogP contribution in [0.1, 0.15) is 16.1 Å². The van der Waals surface area contributed by atoms with Gasteiger partial charge < -0.3 is 19.5 Å². The lowest BCUT2D eigenvalue weighted by atomic mass is 10.1. The van der Waals surface area contributed by atoms with Crippen molar-refractivity contribution in [1.82, 2.24) is 5.16 Å². The Morgan fingerprint density at radius 1 is 1.14 bits per heavy atom. The number of benzene rings is 2. The van der Waals surface area contributed by atoms with Gasteiger partial charge in [-0.15, -0.1) is 0 Å². The van der Waals surface area contributed by atoms with Gasteiger partial charge in [0.2, 0.25) is 0 Å². The van der Waals surface area contributed by atoms with Crippen LogP contribution in [0.25, 0.3) is 11.3 Å². The number of ether oxygens (including phenoxy) is 1. The van der Waals surface area contributed by atoms with Gasteiger partial charge in [0.05, 0.1) is 24.6 Å². The molecule has 0 spiro atoms. The summed E-state index contributed by atoms with van der Waals surface area (Å²) in [7, 11) is 0. The van der Waals surface area contributed by atoms with Crippen molar-refractivity contribution in [3.8, 4) is 11.3 Å². The molecule has 2 aromatic carbocycles. The Kier molecular flexibility index (Phi) is 5.32. The van der Waals surface area contributed by atoms with E-state index in [1.165, 1.54) is 0 Å². The highest BCUT2D eigenvalue weighted by atomic mass is 35.5. The summed E-state index contributed by atoms with van der Waals surface area (Å²) in [6.07, 6.45) is 0. The number of rotatable bonds is 4. The SMILES string of the molecule is Cc1onc(-c2ccccc2)c1C(=O)Nc1cc(Cl)ccc1N1CCOCC1. The molecule has 0 atom stereocenters. The van der Waals surface area contributed by atoms with E-state index in [2.05, 4.69) is 15.4 Å². The largest absolute Gasteiger partial charge is 0.378 e. The fraction of sp³-hybridized carbons (Fsp3) is 0.238. The Labute approximate surface area is 168 Å². The van der Waals surface area contributed by atoms with Gasteiger partial charge in [-0.05, 0) is 25.1 Å². The lowest BCUT2D eigenvalue weighted by molar-refractivity contribution is 0.102. The minimum Gasteiger partial charge on any atom is -0.378 e. The zero-order chi connectivity index (χ0) is 19.5. The molecule has 144 valence electrons. The molecule has 1 aromatic heterocycles. The van der Waals surface area contributed by atoms with Gasteiger partial charge in [0.25, 0.3) is 5.91 Å². The minimum atomic E-state index is -0.283. The van der Waals surface area contributed by atoms with Gasteiger partial charge >= 0.3 is 0 Å². The first-order valence-electron chi connectivity index (χ1n) is 9.09. The first kappa shape index (κ1) is 18.5. The Morgan fingerprint density at radius 3 is 2.64 bits per heavy atom. The third-order valence-corrected chi connectivity index (χ3v) is 4.93. The van der Waals surface area contributed by atoms with E-state index in [1.54, 1.807) is 13.0 Å². The van der Waals surface area contributed by atoms with Crippen molar-refractivity contribution in [1.29, 1.82) is 0 Å². The van der Waals surface area contributed by atoms with Crippen LogP contribution in [0, 0.1) is 6.92 Å². The molecule has 1 aliphatic heterocycles. The van der Waals surface area contributed by atoms with Gasteiger partial charge in [0.1, 0.15) is 17.0 Å². The van der Waals surface area contributed by atoms with Crippen LogP contribution >= 0.6 is 11.6 Å². The molecule has 28 heavy (non-hydrogen) atoms. The Hall–Kier alpha value is -2.83. The van der Waals surface area contributed by atoms with Gasteiger partial charge in [0, 0.05) is 23.7 Å². The number of carbonyl (C=O) groups is 1. The number of aromatic nitrogens is 1. The van der Waals surface area contributed by atoms with E-state index in [9.17, 15) is 4.79 Å². The third kappa shape index (κ3) is 3.74. The zero-order valence-corrected chi connectivity index (χ0v) is 16.2. The van der Waals surface area contributed by atoms with Crippen LogP contribution in [0.3, 0.4) is 0 Å². The van der Waals surface area contributed by atoms with E-state index < -0.39 is 0 Å². The molecule has 1 aliphatic rings. The number of nitrogens with zero attached hydrogens (tertiary/aromatic N) is 2. The van der Waals surface area contributed by atoms with Crippen LogP contribution in [-0.4, -0.2) is 37.4 Å². The summed E-state index contributed by atoms with van der Waals surface area (Å²) in [4.78, 5) is 15.3. The molecule has 4 rings (SSSR count). The van der Waals surface area contributed by atoms with Crippen LogP contribution in [0.4, 0.5) is 11.4 Å². The average Bonchev–Trinajstić information content (AvgIpc) is 3.11. The number of nitrogens with one attached hydrogen (secondary N) is 1. The smallest absolute Gasteiger partial charge is 0.261 e. The molecular formula is C21H20ClN3O3. The van der Waals surface area contributed by atoms with Crippen LogP contribution in [0.5, 0.6) is 0 Å². The molecule has 0 aliphatic carbocycles. The Morgan fingerprint density at radius 2 is 1.89 bits per heavy atom. The number of amides is 1. The van der Waals surface area contributed by atoms with Gasteiger partial charge in [-0.1, -0.05) is 47.1 Å². The number of anilines is 2. The van der Waals surface area contributed by atoms with E-state index in [0.29, 0.717) is 40.9 Å².